The fourth-order valence-corrected chi connectivity index (χ4v) is 10.3. The van der Waals surface area contributed by atoms with Gasteiger partial charge in [0.15, 0.2) is 0 Å². The summed E-state index contributed by atoms with van der Waals surface area (Å²) in [5.74, 6) is 2.36. The molecule has 362 valence electrons. The first kappa shape index (κ1) is 48.1. The van der Waals surface area contributed by atoms with Crippen LogP contribution in [0.15, 0.2) is 194 Å². The van der Waals surface area contributed by atoms with Gasteiger partial charge in [-0.15, -0.1) is 0 Å². The number of nitrogens with zero attached hydrogens (tertiary/aromatic N) is 4. The van der Waals surface area contributed by atoms with Crippen molar-refractivity contribution in [1.29, 1.82) is 0 Å². The van der Waals surface area contributed by atoms with Crippen molar-refractivity contribution in [1.82, 2.24) is 14.1 Å². The largest absolute Gasteiger partial charge is 0.458 e. The molecule has 0 N–H and O–H groups in total. The number of pyridine rings is 1. The molecule has 5 heteroatoms. The van der Waals surface area contributed by atoms with Crippen molar-refractivity contribution in [3.05, 3.63) is 245 Å². The smallest absolute Gasteiger partial charge is 0.269 e. The van der Waals surface area contributed by atoms with Crippen molar-refractivity contribution in [2.24, 2.45) is 0 Å². The summed E-state index contributed by atoms with van der Waals surface area (Å²) in [6.07, 6.45) is 8.01. The summed E-state index contributed by atoms with van der Waals surface area (Å²) >= 11 is 0. The normalized spacial score (nSPS) is 12.7. The van der Waals surface area contributed by atoms with Crippen molar-refractivity contribution in [2.45, 2.75) is 110 Å². The molecule has 0 spiro atoms. The van der Waals surface area contributed by atoms with Gasteiger partial charge in [0.1, 0.15) is 17.3 Å². The highest BCUT2D eigenvalue weighted by molar-refractivity contribution is 6.10. The van der Waals surface area contributed by atoms with E-state index in [4.69, 9.17) is 9.72 Å². The second-order valence-electron chi connectivity index (χ2n) is 23.3. The molecule has 0 aliphatic rings. The molecule has 0 saturated heterocycles. The van der Waals surface area contributed by atoms with Gasteiger partial charge in [0.05, 0.1) is 28.1 Å². The van der Waals surface area contributed by atoms with E-state index in [1.54, 1.807) is 0 Å². The SMILES string of the molecule is CC(C)(C)c1ccnc(-n2c3ccc(C(C)(C)c4ccccc4)cc3c3ccc(Oc4cccc(-n5[c-][n+](-c6cc(C(C)(C)c7ccccc7)cc(C(C)(C)c7ccccc7)c6)cc5C(C)(C)C)c4)cc32)c1. The van der Waals surface area contributed by atoms with Crippen LogP contribution in [0.3, 0.4) is 0 Å². The van der Waals surface area contributed by atoms with Gasteiger partial charge in [-0.1, -0.05) is 192 Å². The molecule has 5 nitrogen and oxygen atoms in total. The summed E-state index contributed by atoms with van der Waals surface area (Å²) in [5.41, 5.74) is 13.1. The van der Waals surface area contributed by atoms with Crippen molar-refractivity contribution in [2.75, 3.05) is 0 Å². The van der Waals surface area contributed by atoms with Gasteiger partial charge in [-0.05, 0) is 117 Å². The summed E-state index contributed by atoms with van der Waals surface area (Å²) in [7, 11) is 0. The summed E-state index contributed by atoms with van der Waals surface area (Å²) < 4.78 is 13.6. The molecular weight excluding hydrogens is 877 g/mol. The van der Waals surface area contributed by atoms with Gasteiger partial charge in [-0.2, -0.15) is 0 Å². The molecule has 0 unspecified atom stereocenters. The molecule has 0 aliphatic heterocycles. The highest BCUT2D eigenvalue weighted by Gasteiger charge is 2.31. The standard InChI is InChI=1S/C67H68N4O/c1-63(2,3)49-35-36-68-62(41-49)71-59-34-31-50(65(7,8)46-23-16-13-17-24-46)40-58(59)57-33-32-56(43-60(57)71)72-55-30-22-29-53(42-55)70-45-69(44-61(70)64(4,5)6)54-38-51(66(9,10)47-25-18-14-19-26-47)37-52(39-54)67(11,12)48-27-20-15-21-28-48/h13-44H,1-12H3. The molecule has 0 amide bonds. The van der Waals surface area contributed by atoms with Gasteiger partial charge in [-0.25, -0.2) is 4.98 Å². The third-order valence-corrected chi connectivity index (χ3v) is 15.2. The fourth-order valence-electron chi connectivity index (χ4n) is 10.3. The second kappa shape index (κ2) is 18.0. The number of rotatable bonds is 11. The molecule has 0 bridgehead atoms. The van der Waals surface area contributed by atoms with Gasteiger partial charge >= 0.3 is 0 Å². The lowest BCUT2D eigenvalue weighted by molar-refractivity contribution is -0.599. The monoisotopic (exact) mass is 945 g/mol. The van der Waals surface area contributed by atoms with Crippen LogP contribution < -0.4 is 9.30 Å². The number of benzene rings is 7. The Kier molecular flexibility index (Phi) is 12.0. The average molecular weight is 945 g/mol. The van der Waals surface area contributed by atoms with Crippen molar-refractivity contribution in [3.63, 3.8) is 0 Å². The Hall–Kier alpha value is -7.50. The molecule has 10 aromatic rings. The second-order valence-corrected chi connectivity index (χ2v) is 23.3. The number of aromatic nitrogens is 4. The summed E-state index contributed by atoms with van der Waals surface area (Å²) in [4.78, 5) is 5.00. The number of hydrogen-bond acceptors (Lipinski definition) is 2. The van der Waals surface area contributed by atoms with Crippen molar-refractivity contribution >= 4 is 21.8 Å². The van der Waals surface area contributed by atoms with Gasteiger partial charge in [0.25, 0.3) is 6.33 Å². The van der Waals surface area contributed by atoms with Crippen molar-refractivity contribution in [3.8, 4) is 28.7 Å². The van der Waals surface area contributed by atoms with Crippen LogP contribution in [0.1, 0.15) is 128 Å². The van der Waals surface area contributed by atoms with E-state index in [9.17, 15) is 0 Å². The maximum absolute atomic E-state index is 6.89. The lowest BCUT2D eigenvalue weighted by Crippen LogP contribution is -2.31. The average Bonchev–Trinajstić information content (AvgIpc) is 3.98. The Morgan fingerprint density at radius 2 is 1.00 bits per heavy atom. The molecule has 3 heterocycles. The van der Waals surface area contributed by atoms with E-state index in [1.807, 2.05) is 12.3 Å². The third-order valence-electron chi connectivity index (χ3n) is 15.2. The van der Waals surface area contributed by atoms with E-state index >= 15 is 0 Å². The third kappa shape index (κ3) is 8.95. The topological polar surface area (TPSA) is 35.9 Å². The summed E-state index contributed by atoms with van der Waals surface area (Å²) in [6, 6.07) is 65.7. The first-order valence-electron chi connectivity index (χ1n) is 25.4. The van der Waals surface area contributed by atoms with Crippen LogP contribution in [0.4, 0.5) is 0 Å². The predicted octanol–water partition coefficient (Wildman–Crippen LogP) is 16.4. The van der Waals surface area contributed by atoms with Crippen LogP contribution in [0.5, 0.6) is 11.5 Å². The van der Waals surface area contributed by atoms with Crippen LogP contribution in [-0.2, 0) is 27.1 Å². The molecule has 0 radical (unpaired) electrons. The first-order valence-corrected chi connectivity index (χ1v) is 25.4. The minimum Gasteiger partial charge on any atom is -0.458 e. The summed E-state index contributed by atoms with van der Waals surface area (Å²) in [6.45, 7) is 27.5. The number of fused-ring (bicyclic) bond motifs is 3. The Bertz CT molecular complexity index is 3510. The quantitative estimate of drug-likeness (QED) is 0.0957. The minimum absolute atomic E-state index is 0.0442. The van der Waals surface area contributed by atoms with Crippen LogP contribution in [0.25, 0.3) is 39.0 Å². The van der Waals surface area contributed by atoms with Crippen LogP contribution in [-0.4, -0.2) is 14.1 Å². The maximum atomic E-state index is 6.89. The van der Waals surface area contributed by atoms with Gasteiger partial charge in [0, 0.05) is 45.5 Å². The van der Waals surface area contributed by atoms with E-state index < -0.39 is 0 Å². The van der Waals surface area contributed by atoms with Gasteiger partial charge < -0.3 is 4.74 Å². The Labute approximate surface area is 427 Å². The lowest BCUT2D eigenvalue weighted by Gasteiger charge is -2.32. The highest BCUT2D eigenvalue weighted by Crippen LogP contribution is 2.41. The summed E-state index contributed by atoms with van der Waals surface area (Å²) in [5, 5.41) is 2.33. The molecule has 3 aromatic heterocycles. The zero-order chi connectivity index (χ0) is 50.8. The van der Waals surface area contributed by atoms with E-state index in [2.05, 4.69) is 285 Å². The number of ether oxygens (including phenoxy) is 1. The van der Waals surface area contributed by atoms with Crippen LogP contribution in [0.2, 0.25) is 0 Å². The van der Waals surface area contributed by atoms with Gasteiger partial charge in [0.2, 0.25) is 0 Å². The molecule has 72 heavy (non-hydrogen) atoms. The van der Waals surface area contributed by atoms with E-state index in [0.717, 1.165) is 50.8 Å². The molecule has 0 atom stereocenters. The molecular formula is C67H68N4O. The minimum atomic E-state index is -0.257. The fraction of sp³-hybridized carbons (Fsp3) is 0.254. The van der Waals surface area contributed by atoms with Crippen LogP contribution in [0, 0.1) is 6.33 Å². The molecule has 0 saturated carbocycles. The van der Waals surface area contributed by atoms with Gasteiger partial charge in [-0.3, -0.25) is 13.7 Å². The zero-order valence-corrected chi connectivity index (χ0v) is 44.2. The van der Waals surface area contributed by atoms with E-state index in [-0.39, 0.29) is 27.1 Å². The number of imidazole rings is 1. The molecule has 0 aliphatic carbocycles. The molecule has 0 fully saturated rings. The molecule has 7 aromatic carbocycles. The van der Waals surface area contributed by atoms with Crippen LogP contribution >= 0.6 is 0 Å². The van der Waals surface area contributed by atoms with Crippen molar-refractivity contribution < 1.29 is 9.30 Å². The Morgan fingerprint density at radius 3 is 1.57 bits per heavy atom. The Balaban J connectivity index is 1.07. The highest BCUT2D eigenvalue weighted by atomic mass is 16.5. The lowest BCUT2D eigenvalue weighted by atomic mass is 9.73. The van der Waals surface area contributed by atoms with E-state index in [0.29, 0.717) is 0 Å². The first-order chi connectivity index (χ1) is 34.2. The maximum Gasteiger partial charge on any atom is 0.269 e. The zero-order valence-electron chi connectivity index (χ0n) is 44.2. The number of hydrogen-bond donors (Lipinski definition) is 0. The Morgan fingerprint density at radius 1 is 0.431 bits per heavy atom. The van der Waals surface area contributed by atoms with E-state index in [1.165, 1.54) is 44.3 Å². The molecule has 10 rings (SSSR count). The predicted molar refractivity (Wildman–Crippen MR) is 298 cm³/mol.